The van der Waals surface area contributed by atoms with E-state index in [0.29, 0.717) is 16.3 Å². The van der Waals surface area contributed by atoms with E-state index in [1.54, 1.807) is 18.9 Å². The van der Waals surface area contributed by atoms with Crippen molar-refractivity contribution in [2.45, 2.75) is 25.2 Å². The van der Waals surface area contributed by atoms with Gasteiger partial charge in [-0.05, 0) is 85.0 Å². The van der Waals surface area contributed by atoms with Crippen molar-refractivity contribution in [3.63, 3.8) is 0 Å². The maximum atomic E-state index is 10.1. The number of thiazole rings is 1. The molecule has 1 aromatic heterocycles. The number of aryl methyl sites for hydroxylation is 1. The molecular weight excluding hydrogens is 602 g/mol. The summed E-state index contributed by atoms with van der Waals surface area (Å²) in [4.78, 5) is 6.36. The summed E-state index contributed by atoms with van der Waals surface area (Å²) in [7, 11) is 3.30. The Morgan fingerprint density at radius 3 is 2.46 bits per heavy atom. The lowest BCUT2D eigenvalue weighted by Crippen LogP contribution is -2.23. The Labute approximate surface area is 249 Å². The molecule has 10 heteroatoms. The zero-order chi connectivity index (χ0) is 28.5. The lowest BCUT2D eigenvalue weighted by Gasteiger charge is -2.24. The molecule has 41 heavy (non-hydrogen) atoms. The minimum Gasteiger partial charge on any atom is -0.497 e. The van der Waals surface area contributed by atoms with Crippen LogP contribution < -0.4 is 24.7 Å². The molecule has 1 unspecified atom stereocenters. The highest BCUT2D eigenvalue weighted by molar-refractivity contribution is 9.10. The van der Waals surface area contributed by atoms with E-state index in [-0.39, 0.29) is 5.88 Å². The van der Waals surface area contributed by atoms with Gasteiger partial charge in [-0.15, -0.1) is 0 Å². The second-order valence-corrected chi connectivity index (χ2v) is 11.5. The first-order valence-electron chi connectivity index (χ1n) is 13.0. The first kappa shape index (κ1) is 26.9. The van der Waals surface area contributed by atoms with Crippen LogP contribution in [0.3, 0.4) is 0 Å². The third-order valence-corrected chi connectivity index (χ3v) is 8.74. The maximum absolute atomic E-state index is 10.1. The molecule has 0 saturated heterocycles. The van der Waals surface area contributed by atoms with Crippen molar-refractivity contribution in [2.75, 3.05) is 14.2 Å². The first-order chi connectivity index (χ1) is 20.0. The smallest absolute Gasteiger partial charge is 0.239 e. The summed E-state index contributed by atoms with van der Waals surface area (Å²) in [5.41, 5.74) is 11.6. The Bertz CT molecular complexity index is 1800. The van der Waals surface area contributed by atoms with Crippen molar-refractivity contribution in [1.29, 1.82) is 5.26 Å². The zero-order valence-electron chi connectivity index (χ0n) is 22.4. The van der Waals surface area contributed by atoms with Crippen molar-refractivity contribution >= 4 is 38.7 Å². The maximum Gasteiger partial charge on any atom is 0.239 e. The fraction of sp³-hybridized carbons (Fsp3) is 0.194. The van der Waals surface area contributed by atoms with E-state index < -0.39 is 5.92 Å². The first-order valence-corrected chi connectivity index (χ1v) is 14.6. The summed E-state index contributed by atoms with van der Waals surface area (Å²) in [6.07, 6.45) is 2.71. The number of methoxy groups -OCH3 is 2. The summed E-state index contributed by atoms with van der Waals surface area (Å²) in [5.74, 6) is 1.61. The van der Waals surface area contributed by atoms with Gasteiger partial charge in [-0.2, -0.15) is 15.0 Å². The Balaban J connectivity index is 1.58. The molecule has 1 aliphatic carbocycles. The Hall–Kier alpha value is -4.33. The molecule has 0 spiro atoms. The van der Waals surface area contributed by atoms with Crippen LogP contribution in [-0.2, 0) is 6.42 Å². The SMILES string of the molecule is COc1ccc(C2C(C#N)=C(N)Oc3c2sc(=Nc2ccc(Br)cc2)n3/N=C2\CCCc3cc(OC)ccc32)cc1. The molecule has 0 radical (unpaired) electrons. The van der Waals surface area contributed by atoms with Crippen LogP contribution in [0.1, 0.15) is 40.3 Å². The molecule has 1 aliphatic heterocycles. The highest BCUT2D eigenvalue weighted by atomic mass is 79.9. The minimum atomic E-state index is -0.442. The number of nitriles is 1. The van der Waals surface area contributed by atoms with Gasteiger partial charge in [-0.3, -0.25) is 0 Å². The van der Waals surface area contributed by atoms with Gasteiger partial charge in [0.2, 0.25) is 16.6 Å². The van der Waals surface area contributed by atoms with E-state index in [0.717, 1.165) is 62.6 Å². The predicted octanol–water partition coefficient (Wildman–Crippen LogP) is 6.37. The van der Waals surface area contributed by atoms with Crippen LogP contribution in [0.15, 0.2) is 92.8 Å². The number of hydrogen-bond donors (Lipinski definition) is 1. The van der Waals surface area contributed by atoms with Crippen molar-refractivity contribution < 1.29 is 14.2 Å². The molecule has 3 aromatic carbocycles. The molecule has 0 amide bonds. The van der Waals surface area contributed by atoms with Gasteiger partial charge in [0, 0.05) is 10.0 Å². The highest BCUT2D eigenvalue weighted by Gasteiger charge is 2.35. The second-order valence-electron chi connectivity index (χ2n) is 9.58. The number of hydrogen-bond acceptors (Lipinski definition) is 8. The lowest BCUT2D eigenvalue weighted by atomic mass is 9.89. The van der Waals surface area contributed by atoms with Crippen LogP contribution in [0, 0.1) is 11.3 Å². The average Bonchev–Trinajstić information content (AvgIpc) is 3.33. The van der Waals surface area contributed by atoms with Gasteiger partial charge in [0.1, 0.15) is 23.1 Å². The summed E-state index contributed by atoms with van der Waals surface area (Å²) in [5, 5.41) is 15.2. The summed E-state index contributed by atoms with van der Waals surface area (Å²) < 4.78 is 19.7. The number of rotatable bonds is 5. The van der Waals surface area contributed by atoms with Crippen molar-refractivity contribution in [3.05, 3.63) is 109 Å². The molecule has 4 aromatic rings. The number of nitrogens with zero attached hydrogens (tertiary/aromatic N) is 4. The third-order valence-electron chi connectivity index (χ3n) is 7.13. The molecule has 0 saturated carbocycles. The van der Waals surface area contributed by atoms with E-state index in [4.69, 9.17) is 30.0 Å². The molecule has 2 heterocycles. The van der Waals surface area contributed by atoms with Crippen molar-refractivity contribution in [2.24, 2.45) is 15.8 Å². The second kappa shape index (κ2) is 11.3. The quantitative estimate of drug-likeness (QED) is 0.277. The fourth-order valence-corrected chi connectivity index (χ4v) is 6.50. The molecule has 1 atom stereocenters. The van der Waals surface area contributed by atoms with Gasteiger partial charge in [0.25, 0.3) is 0 Å². The average molecular weight is 629 g/mol. The van der Waals surface area contributed by atoms with E-state index in [1.807, 2.05) is 54.6 Å². The minimum absolute atomic E-state index is 0.0524. The lowest BCUT2D eigenvalue weighted by molar-refractivity contribution is 0.362. The molecule has 8 nitrogen and oxygen atoms in total. The number of ether oxygens (including phenoxy) is 3. The molecule has 2 N–H and O–H groups in total. The summed E-state index contributed by atoms with van der Waals surface area (Å²) in [6, 6.07) is 23.7. The van der Waals surface area contributed by atoms with Gasteiger partial charge in [0.15, 0.2) is 0 Å². The summed E-state index contributed by atoms with van der Waals surface area (Å²) in [6.45, 7) is 0. The van der Waals surface area contributed by atoms with E-state index in [2.05, 4.69) is 34.1 Å². The number of fused-ring (bicyclic) bond motifs is 2. The van der Waals surface area contributed by atoms with E-state index >= 15 is 0 Å². The monoisotopic (exact) mass is 627 g/mol. The van der Waals surface area contributed by atoms with Crippen LogP contribution in [0.4, 0.5) is 5.69 Å². The molecule has 6 rings (SSSR count). The Morgan fingerprint density at radius 2 is 1.76 bits per heavy atom. The molecule has 2 aliphatic rings. The molecule has 0 fully saturated rings. The fourth-order valence-electron chi connectivity index (χ4n) is 5.09. The van der Waals surface area contributed by atoms with Crippen LogP contribution in [0.2, 0.25) is 0 Å². The number of nitrogens with two attached hydrogens (primary N) is 1. The molecular formula is C31H26BrN5O3S. The van der Waals surface area contributed by atoms with Crippen LogP contribution >= 0.6 is 27.3 Å². The number of aromatic nitrogens is 1. The zero-order valence-corrected chi connectivity index (χ0v) is 24.8. The van der Waals surface area contributed by atoms with Gasteiger partial charge in [-0.1, -0.05) is 39.4 Å². The van der Waals surface area contributed by atoms with Crippen LogP contribution in [0.5, 0.6) is 17.4 Å². The Kier molecular flexibility index (Phi) is 7.39. The van der Waals surface area contributed by atoms with E-state index in [1.165, 1.54) is 16.9 Å². The van der Waals surface area contributed by atoms with Gasteiger partial charge in [-0.25, -0.2) is 4.99 Å². The normalized spacial score (nSPS) is 17.5. The van der Waals surface area contributed by atoms with E-state index in [9.17, 15) is 5.26 Å². The Morgan fingerprint density at radius 1 is 1.02 bits per heavy atom. The standard InChI is InChI=1S/C31H26BrN5O3S/c1-38-22-12-6-18(7-13-22)27-25(17-33)29(34)40-30-28(27)41-31(35-21-10-8-20(32)9-11-21)37(30)36-26-5-3-4-19-16-23(39-2)14-15-24(19)26/h6-16,27H,3-5,34H2,1-2H3/b35-31?,36-26+. The van der Waals surface area contributed by atoms with Crippen LogP contribution in [-0.4, -0.2) is 24.6 Å². The van der Waals surface area contributed by atoms with Gasteiger partial charge in [0.05, 0.1) is 36.4 Å². The largest absolute Gasteiger partial charge is 0.497 e. The number of benzene rings is 3. The summed E-state index contributed by atoms with van der Waals surface area (Å²) >= 11 is 4.93. The van der Waals surface area contributed by atoms with Crippen molar-refractivity contribution in [1.82, 2.24) is 4.68 Å². The topological polar surface area (TPSA) is 107 Å². The highest BCUT2D eigenvalue weighted by Crippen LogP contribution is 2.44. The molecule has 0 bridgehead atoms. The predicted molar refractivity (Wildman–Crippen MR) is 162 cm³/mol. The third kappa shape index (κ3) is 5.14. The number of allylic oxidation sites excluding steroid dienone is 1. The molecule has 206 valence electrons. The van der Waals surface area contributed by atoms with Gasteiger partial charge >= 0.3 is 0 Å². The van der Waals surface area contributed by atoms with Crippen molar-refractivity contribution in [3.8, 4) is 23.4 Å². The van der Waals surface area contributed by atoms with Gasteiger partial charge < -0.3 is 19.9 Å². The van der Waals surface area contributed by atoms with Crippen LogP contribution in [0.25, 0.3) is 0 Å². The number of halogens is 1.